The Hall–Kier alpha value is -1.40. The van der Waals surface area contributed by atoms with Crippen LogP contribution in [0.5, 0.6) is 0 Å². The van der Waals surface area contributed by atoms with Gasteiger partial charge < -0.3 is 5.11 Å². The number of benzene rings is 1. The van der Waals surface area contributed by atoms with Crippen LogP contribution in [0.1, 0.15) is 38.8 Å². The smallest absolute Gasteiger partial charge is 0.321 e. The summed E-state index contributed by atoms with van der Waals surface area (Å²) in [7, 11) is -2.56. The highest BCUT2D eigenvalue weighted by Gasteiger charge is 2.31. The van der Waals surface area contributed by atoms with Crippen molar-refractivity contribution in [2.75, 3.05) is 7.05 Å². The summed E-state index contributed by atoms with van der Waals surface area (Å²) in [5.41, 5.74) is 1.31. The largest absolute Gasteiger partial charge is 0.480 e. The molecule has 0 bridgehead atoms. The van der Waals surface area contributed by atoms with Crippen molar-refractivity contribution in [3.8, 4) is 0 Å². The molecule has 0 saturated carbocycles. The van der Waals surface area contributed by atoms with Crippen molar-refractivity contribution in [1.29, 1.82) is 0 Å². The standard InChI is InChI=1S/C15H23NO4S/c1-10-7-8-12(15(3,4)5)9-13(10)21(19,20)16(6)11(2)14(17)18/h7-9,11H,1-6H3,(H,17,18). The van der Waals surface area contributed by atoms with Crippen LogP contribution in [0.2, 0.25) is 0 Å². The van der Waals surface area contributed by atoms with E-state index < -0.39 is 22.0 Å². The van der Waals surface area contributed by atoms with Gasteiger partial charge in [0.2, 0.25) is 10.0 Å². The van der Waals surface area contributed by atoms with Gasteiger partial charge in [-0.1, -0.05) is 32.9 Å². The lowest BCUT2D eigenvalue weighted by Crippen LogP contribution is -2.40. The van der Waals surface area contributed by atoms with Crippen molar-refractivity contribution in [1.82, 2.24) is 4.31 Å². The average Bonchev–Trinajstić information content (AvgIpc) is 2.35. The summed E-state index contributed by atoms with van der Waals surface area (Å²) in [5.74, 6) is -1.18. The Balaban J connectivity index is 3.41. The van der Waals surface area contributed by atoms with Crippen LogP contribution in [0.4, 0.5) is 0 Å². The third-order valence-corrected chi connectivity index (χ3v) is 5.68. The lowest BCUT2D eigenvalue weighted by Gasteiger charge is -2.24. The van der Waals surface area contributed by atoms with E-state index in [9.17, 15) is 13.2 Å². The second kappa shape index (κ2) is 5.77. The molecule has 0 saturated heterocycles. The zero-order valence-electron chi connectivity index (χ0n) is 13.3. The van der Waals surface area contributed by atoms with Gasteiger partial charge in [0.05, 0.1) is 4.90 Å². The molecule has 0 aliphatic heterocycles. The zero-order chi connectivity index (χ0) is 16.6. The summed E-state index contributed by atoms with van der Waals surface area (Å²) in [6.45, 7) is 9.05. The number of rotatable bonds is 4. The molecule has 0 aliphatic rings. The molecule has 0 amide bonds. The van der Waals surface area contributed by atoms with Gasteiger partial charge in [-0.25, -0.2) is 8.42 Å². The molecule has 118 valence electrons. The molecule has 0 heterocycles. The topological polar surface area (TPSA) is 74.7 Å². The Morgan fingerprint density at radius 1 is 1.29 bits per heavy atom. The van der Waals surface area contributed by atoms with Crippen molar-refractivity contribution in [2.24, 2.45) is 0 Å². The van der Waals surface area contributed by atoms with Crippen LogP contribution in [0, 0.1) is 6.92 Å². The molecule has 0 radical (unpaired) electrons. The van der Waals surface area contributed by atoms with E-state index in [1.807, 2.05) is 26.8 Å². The van der Waals surface area contributed by atoms with Gasteiger partial charge in [0.25, 0.3) is 0 Å². The molecule has 1 rings (SSSR count). The van der Waals surface area contributed by atoms with E-state index in [-0.39, 0.29) is 10.3 Å². The van der Waals surface area contributed by atoms with Crippen LogP contribution in [0.25, 0.3) is 0 Å². The number of hydrogen-bond donors (Lipinski definition) is 1. The molecule has 0 aromatic heterocycles. The lowest BCUT2D eigenvalue weighted by molar-refractivity contribution is -0.140. The number of aryl methyl sites for hydroxylation is 1. The van der Waals surface area contributed by atoms with Gasteiger partial charge in [-0.05, 0) is 36.5 Å². The number of aliphatic carboxylic acids is 1. The van der Waals surface area contributed by atoms with Crippen LogP contribution >= 0.6 is 0 Å². The summed E-state index contributed by atoms with van der Waals surface area (Å²) in [6.07, 6.45) is 0. The summed E-state index contributed by atoms with van der Waals surface area (Å²) in [5, 5.41) is 9.01. The van der Waals surface area contributed by atoms with E-state index in [0.29, 0.717) is 5.56 Å². The first-order chi connectivity index (χ1) is 9.39. The molecular weight excluding hydrogens is 290 g/mol. The minimum absolute atomic E-state index is 0.158. The average molecular weight is 313 g/mol. The van der Waals surface area contributed by atoms with E-state index in [1.165, 1.54) is 14.0 Å². The molecule has 0 aliphatic carbocycles. The fraction of sp³-hybridized carbons (Fsp3) is 0.533. The quantitative estimate of drug-likeness (QED) is 0.926. The molecule has 1 atom stereocenters. The first-order valence-electron chi connectivity index (χ1n) is 6.71. The summed E-state index contributed by atoms with van der Waals surface area (Å²) in [4.78, 5) is 11.2. The van der Waals surface area contributed by atoms with Gasteiger partial charge in [0.15, 0.2) is 0 Å². The van der Waals surface area contributed by atoms with Crippen LogP contribution in [-0.2, 0) is 20.2 Å². The highest BCUT2D eigenvalue weighted by atomic mass is 32.2. The number of hydrogen-bond acceptors (Lipinski definition) is 3. The van der Waals surface area contributed by atoms with Crippen LogP contribution in [0.15, 0.2) is 23.1 Å². The Bertz CT molecular complexity index is 644. The molecular formula is C15H23NO4S. The number of carboxylic acid groups (broad SMARTS) is 1. The van der Waals surface area contributed by atoms with E-state index >= 15 is 0 Å². The SMILES string of the molecule is Cc1ccc(C(C)(C)C)cc1S(=O)(=O)N(C)C(C)C(=O)O. The number of carbonyl (C=O) groups is 1. The van der Waals surface area contributed by atoms with E-state index in [4.69, 9.17) is 5.11 Å². The zero-order valence-corrected chi connectivity index (χ0v) is 14.2. The van der Waals surface area contributed by atoms with Crippen LogP contribution in [0.3, 0.4) is 0 Å². The molecule has 1 aromatic rings. The number of likely N-dealkylation sites (N-methyl/N-ethyl adjacent to an activating group) is 1. The summed E-state index contributed by atoms with van der Waals surface area (Å²) in [6, 6.07) is 4.17. The number of sulfonamides is 1. The third kappa shape index (κ3) is 3.63. The maximum atomic E-state index is 12.6. The Labute approximate surface area is 126 Å². The second-order valence-electron chi connectivity index (χ2n) is 6.27. The first-order valence-corrected chi connectivity index (χ1v) is 8.15. The van der Waals surface area contributed by atoms with Crippen LogP contribution in [-0.4, -0.2) is 36.9 Å². The minimum Gasteiger partial charge on any atom is -0.480 e. The fourth-order valence-electron chi connectivity index (χ4n) is 1.86. The highest BCUT2D eigenvalue weighted by Crippen LogP contribution is 2.28. The summed E-state index contributed by atoms with van der Waals surface area (Å²) >= 11 is 0. The molecule has 6 heteroatoms. The van der Waals surface area contributed by atoms with Crippen molar-refractivity contribution in [2.45, 2.75) is 51.0 Å². The lowest BCUT2D eigenvalue weighted by atomic mass is 9.87. The Morgan fingerprint density at radius 2 is 1.81 bits per heavy atom. The normalized spacial score (nSPS) is 14.2. The predicted octanol–water partition coefficient (Wildman–Crippen LogP) is 2.39. The van der Waals surface area contributed by atoms with Crippen molar-refractivity contribution in [3.63, 3.8) is 0 Å². The molecule has 0 spiro atoms. The van der Waals surface area contributed by atoms with Crippen molar-refractivity contribution in [3.05, 3.63) is 29.3 Å². The second-order valence-corrected chi connectivity index (χ2v) is 8.23. The fourth-order valence-corrected chi connectivity index (χ4v) is 3.43. The van der Waals surface area contributed by atoms with Gasteiger partial charge in [0.1, 0.15) is 6.04 Å². The van der Waals surface area contributed by atoms with E-state index in [1.54, 1.807) is 19.1 Å². The van der Waals surface area contributed by atoms with E-state index in [2.05, 4.69) is 0 Å². The maximum Gasteiger partial charge on any atom is 0.321 e. The van der Waals surface area contributed by atoms with Gasteiger partial charge >= 0.3 is 5.97 Å². The highest BCUT2D eigenvalue weighted by molar-refractivity contribution is 7.89. The molecule has 5 nitrogen and oxygen atoms in total. The number of carboxylic acids is 1. The van der Waals surface area contributed by atoms with Crippen molar-refractivity contribution < 1.29 is 18.3 Å². The van der Waals surface area contributed by atoms with Gasteiger partial charge in [-0.15, -0.1) is 0 Å². The minimum atomic E-state index is -3.84. The van der Waals surface area contributed by atoms with Gasteiger partial charge in [-0.2, -0.15) is 4.31 Å². The van der Waals surface area contributed by atoms with Gasteiger partial charge in [-0.3, -0.25) is 4.79 Å². The van der Waals surface area contributed by atoms with Gasteiger partial charge in [0, 0.05) is 7.05 Å². The number of nitrogens with zero attached hydrogens (tertiary/aromatic N) is 1. The Morgan fingerprint density at radius 3 is 2.24 bits per heavy atom. The molecule has 21 heavy (non-hydrogen) atoms. The predicted molar refractivity (Wildman–Crippen MR) is 81.9 cm³/mol. The molecule has 1 aromatic carbocycles. The molecule has 1 N–H and O–H groups in total. The van der Waals surface area contributed by atoms with E-state index in [0.717, 1.165) is 9.87 Å². The first kappa shape index (κ1) is 17.7. The maximum absolute atomic E-state index is 12.6. The molecule has 0 fully saturated rings. The Kier molecular flexibility index (Phi) is 4.85. The van der Waals surface area contributed by atoms with Crippen molar-refractivity contribution >= 4 is 16.0 Å². The third-order valence-electron chi connectivity index (χ3n) is 3.61. The van der Waals surface area contributed by atoms with Crippen LogP contribution < -0.4 is 0 Å². The summed E-state index contributed by atoms with van der Waals surface area (Å²) < 4.78 is 26.2. The monoisotopic (exact) mass is 313 g/mol. The molecule has 1 unspecified atom stereocenters.